The molecule has 1 N–H and O–H groups in total. The van der Waals surface area contributed by atoms with Crippen LogP contribution in [0.2, 0.25) is 0 Å². The average Bonchev–Trinajstić information content (AvgIpc) is 2.75. The molecule has 1 saturated carbocycles. The van der Waals surface area contributed by atoms with Gasteiger partial charge in [0.15, 0.2) is 0 Å². The number of rotatable bonds is 7. The topological polar surface area (TPSA) is 51.2 Å². The highest BCUT2D eigenvalue weighted by Gasteiger charge is 2.25. The summed E-state index contributed by atoms with van der Waals surface area (Å²) in [5.41, 5.74) is 0.842. The molecule has 1 fully saturated rings. The maximum absolute atomic E-state index is 12.3. The fraction of sp³-hybridized carbons (Fsp3) is 0.500. The number of nitrogens with zero attached hydrogens (tertiary/aromatic N) is 1. The summed E-state index contributed by atoms with van der Waals surface area (Å²) >= 11 is 0. The first-order chi connectivity index (χ1) is 13.8. The lowest BCUT2D eigenvalue weighted by atomic mass is 9.79. The van der Waals surface area contributed by atoms with Crippen LogP contribution in [0.4, 0.5) is 0 Å². The van der Waals surface area contributed by atoms with Gasteiger partial charge in [0.2, 0.25) is 5.91 Å². The Labute approximate surface area is 168 Å². The van der Waals surface area contributed by atoms with Crippen LogP contribution in [0.15, 0.2) is 36.5 Å². The molecule has 4 nitrogen and oxygen atoms in total. The molecule has 1 aliphatic carbocycles. The SMILES string of the molecule is CCCCC1CCC(C(=O)NCC#CCOc2cccc3cccnc23)CC1. The van der Waals surface area contributed by atoms with Gasteiger partial charge in [-0.2, -0.15) is 0 Å². The monoisotopic (exact) mass is 378 g/mol. The van der Waals surface area contributed by atoms with Crippen molar-refractivity contribution in [3.63, 3.8) is 0 Å². The Balaban J connectivity index is 1.37. The first-order valence-corrected chi connectivity index (χ1v) is 10.5. The van der Waals surface area contributed by atoms with Gasteiger partial charge in [-0.1, -0.05) is 56.2 Å². The van der Waals surface area contributed by atoms with E-state index in [0.29, 0.717) is 6.54 Å². The molecule has 0 spiro atoms. The van der Waals surface area contributed by atoms with Crippen molar-refractivity contribution >= 4 is 16.8 Å². The minimum Gasteiger partial charge on any atom is -0.479 e. The van der Waals surface area contributed by atoms with Crippen LogP contribution >= 0.6 is 0 Å². The number of hydrogen-bond acceptors (Lipinski definition) is 3. The van der Waals surface area contributed by atoms with Gasteiger partial charge in [0, 0.05) is 17.5 Å². The van der Waals surface area contributed by atoms with Crippen molar-refractivity contribution in [1.82, 2.24) is 10.3 Å². The third-order valence-electron chi connectivity index (χ3n) is 5.56. The summed E-state index contributed by atoms with van der Waals surface area (Å²) in [6.45, 7) is 2.91. The Kier molecular flexibility index (Phi) is 7.72. The Morgan fingerprint density at radius 1 is 1.18 bits per heavy atom. The van der Waals surface area contributed by atoms with Crippen LogP contribution in [-0.2, 0) is 4.79 Å². The van der Waals surface area contributed by atoms with E-state index in [0.717, 1.165) is 35.4 Å². The van der Waals surface area contributed by atoms with E-state index in [2.05, 4.69) is 29.1 Å². The number of carbonyl (C=O) groups excluding carboxylic acids is 1. The highest BCUT2D eigenvalue weighted by Crippen LogP contribution is 2.31. The summed E-state index contributed by atoms with van der Waals surface area (Å²) in [7, 11) is 0. The number of fused-ring (bicyclic) bond motifs is 1. The molecule has 2 aromatic rings. The number of ether oxygens (including phenoxy) is 1. The molecule has 1 aromatic heterocycles. The van der Waals surface area contributed by atoms with E-state index in [1.54, 1.807) is 6.20 Å². The zero-order valence-electron chi connectivity index (χ0n) is 16.7. The number of para-hydroxylation sites is 1. The second kappa shape index (κ2) is 10.7. The van der Waals surface area contributed by atoms with Crippen molar-refractivity contribution in [2.75, 3.05) is 13.2 Å². The van der Waals surface area contributed by atoms with Gasteiger partial charge in [0.1, 0.15) is 17.9 Å². The lowest BCUT2D eigenvalue weighted by molar-refractivity contribution is -0.125. The second-order valence-electron chi connectivity index (χ2n) is 7.55. The molecule has 1 heterocycles. The van der Waals surface area contributed by atoms with Gasteiger partial charge in [0.25, 0.3) is 0 Å². The molecule has 3 rings (SSSR count). The van der Waals surface area contributed by atoms with E-state index < -0.39 is 0 Å². The minimum absolute atomic E-state index is 0.155. The normalized spacial score (nSPS) is 18.9. The van der Waals surface area contributed by atoms with Gasteiger partial charge in [-0.3, -0.25) is 9.78 Å². The van der Waals surface area contributed by atoms with Crippen LogP contribution in [0.5, 0.6) is 5.75 Å². The summed E-state index contributed by atoms with van der Waals surface area (Å²) in [6.07, 6.45) is 10.1. The number of hydrogen-bond donors (Lipinski definition) is 1. The predicted octanol–water partition coefficient (Wildman–Crippen LogP) is 4.73. The molecule has 1 amide bonds. The van der Waals surface area contributed by atoms with Crippen molar-refractivity contribution < 1.29 is 9.53 Å². The molecule has 0 bridgehead atoms. The lowest BCUT2D eigenvalue weighted by Gasteiger charge is -2.27. The molecule has 28 heavy (non-hydrogen) atoms. The van der Waals surface area contributed by atoms with E-state index in [1.165, 1.54) is 32.1 Å². The molecule has 0 radical (unpaired) electrons. The van der Waals surface area contributed by atoms with E-state index in [4.69, 9.17) is 4.74 Å². The standard InChI is InChI=1S/C24H30N2O2/c1-2-3-8-19-12-14-21(15-13-19)24(27)26-16-4-5-18-28-22-11-6-9-20-10-7-17-25-23(20)22/h6-7,9-11,17,19,21H,2-3,8,12-16,18H2,1H3,(H,26,27). The van der Waals surface area contributed by atoms with Gasteiger partial charge >= 0.3 is 0 Å². The van der Waals surface area contributed by atoms with Crippen LogP contribution in [0.25, 0.3) is 10.9 Å². The number of pyridine rings is 1. The molecule has 0 atom stereocenters. The smallest absolute Gasteiger partial charge is 0.223 e. The highest BCUT2D eigenvalue weighted by molar-refractivity contribution is 5.84. The second-order valence-corrected chi connectivity index (χ2v) is 7.55. The lowest BCUT2D eigenvalue weighted by Crippen LogP contribution is -2.33. The summed E-state index contributed by atoms with van der Waals surface area (Å²) in [4.78, 5) is 16.7. The minimum atomic E-state index is 0.155. The fourth-order valence-corrected chi connectivity index (χ4v) is 3.90. The largest absolute Gasteiger partial charge is 0.479 e. The van der Waals surface area contributed by atoms with E-state index in [-0.39, 0.29) is 18.4 Å². The Morgan fingerprint density at radius 2 is 2.00 bits per heavy atom. The van der Waals surface area contributed by atoms with Crippen molar-refractivity contribution in [1.29, 1.82) is 0 Å². The first kappa shape index (κ1) is 20.2. The number of unbranched alkanes of at least 4 members (excludes halogenated alkanes) is 1. The third-order valence-corrected chi connectivity index (χ3v) is 5.56. The van der Waals surface area contributed by atoms with E-state index >= 15 is 0 Å². The maximum atomic E-state index is 12.3. The molecular formula is C24H30N2O2. The van der Waals surface area contributed by atoms with Crippen molar-refractivity contribution in [2.24, 2.45) is 11.8 Å². The Hall–Kier alpha value is -2.54. The molecule has 0 aliphatic heterocycles. The zero-order chi connectivity index (χ0) is 19.6. The van der Waals surface area contributed by atoms with Gasteiger partial charge in [0.05, 0.1) is 6.54 Å². The predicted molar refractivity (Wildman–Crippen MR) is 113 cm³/mol. The van der Waals surface area contributed by atoms with Crippen LogP contribution in [0.3, 0.4) is 0 Å². The third kappa shape index (κ3) is 5.73. The van der Waals surface area contributed by atoms with Gasteiger partial charge in [-0.25, -0.2) is 0 Å². The summed E-state index contributed by atoms with van der Waals surface area (Å²) in [6, 6.07) is 9.77. The van der Waals surface area contributed by atoms with Gasteiger partial charge in [-0.05, 0) is 43.7 Å². The zero-order valence-corrected chi connectivity index (χ0v) is 16.7. The van der Waals surface area contributed by atoms with Crippen LogP contribution < -0.4 is 10.1 Å². The number of nitrogens with one attached hydrogen (secondary N) is 1. The van der Waals surface area contributed by atoms with Crippen molar-refractivity contribution in [3.05, 3.63) is 36.5 Å². The summed E-state index contributed by atoms with van der Waals surface area (Å²) in [5, 5.41) is 4.00. The molecule has 0 saturated heterocycles. The number of aromatic nitrogens is 1. The van der Waals surface area contributed by atoms with E-state index in [1.807, 2.05) is 30.3 Å². The quantitative estimate of drug-likeness (QED) is 0.709. The summed E-state index contributed by atoms with van der Waals surface area (Å²) < 4.78 is 5.74. The fourth-order valence-electron chi connectivity index (χ4n) is 3.90. The first-order valence-electron chi connectivity index (χ1n) is 10.5. The average molecular weight is 379 g/mol. The molecule has 4 heteroatoms. The van der Waals surface area contributed by atoms with Gasteiger partial charge in [-0.15, -0.1) is 0 Å². The van der Waals surface area contributed by atoms with Crippen LogP contribution in [-0.4, -0.2) is 24.0 Å². The molecule has 1 aliphatic rings. The number of amides is 1. The van der Waals surface area contributed by atoms with Crippen molar-refractivity contribution in [3.8, 4) is 17.6 Å². The maximum Gasteiger partial charge on any atom is 0.223 e. The molecular weight excluding hydrogens is 348 g/mol. The molecule has 148 valence electrons. The molecule has 0 unspecified atom stereocenters. The number of carbonyl (C=O) groups is 1. The number of benzene rings is 1. The highest BCUT2D eigenvalue weighted by atomic mass is 16.5. The van der Waals surface area contributed by atoms with E-state index in [9.17, 15) is 4.79 Å². The Morgan fingerprint density at radius 3 is 2.82 bits per heavy atom. The summed E-state index contributed by atoms with van der Waals surface area (Å²) in [5.74, 6) is 7.83. The van der Waals surface area contributed by atoms with Gasteiger partial charge < -0.3 is 10.1 Å². The van der Waals surface area contributed by atoms with Crippen LogP contribution in [0.1, 0.15) is 51.9 Å². The Bertz CT molecular complexity index is 824. The molecule has 1 aromatic carbocycles. The van der Waals surface area contributed by atoms with Crippen LogP contribution in [0, 0.1) is 23.7 Å². The van der Waals surface area contributed by atoms with Crippen molar-refractivity contribution in [2.45, 2.75) is 51.9 Å².